The van der Waals surface area contributed by atoms with Crippen LogP contribution in [0.2, 0.25) is 0 Å². The lowest BCUT2D eigenvalue weighted by Gasteiger charge is -2.02. The molecular weight excluding hydrogens is 284 g/mol. The van der Waals surface area contributed by atoms with Crippen molar-refractivity contribution in [3.05, 3.63) is 58.0 Å². The molecule has 0 bridgehead atoms. The zero-order valence-electron chi connectivity index (χ0n) is 12.0. The molecule has 0 aliphatic rings. The number of allylic oxidation sites excluding steroid dienone is 1. The van der Waals surface area contributed by atoms with E-state index >= 15 is 0 Å². The molecule has 1 aromatic heterocycles. The second kappa shape index (κ2) is 7.63. The number of nitrogens with zero attached hydrogens (tertiary/aromatic N) is 1. The van der Waals surface area contributed by atoms with Gasteiger partial charge in [-0.2, -0.15) is 5.10 Å². The summed E-state index contributed by atoms with van der Waals surface area (Å²) in [5, 5.41) is 8.74. The van der Waals surface area contributed by atoms with Gasteiger partial charge in [0.2, 0.25) is 5.91 Å². The lowest BCUT2D eigenvalue weighted by atomic mass is 10.2. The van der Waals surface area contributed by atoms with Gasteiger partial charge in [-0.15, -0.1) is 0 Å². The minimum absolute atomic E-state index is 0.0479. The standard InChI is InChI=1S/C15H16N4O3/c1-22-13-7-3-2-5-11(13)6-4-8-16-18-14(20)9-12-10-15(21)19-17-12/h2-8,10H,9H2,1H3,(H,18,20)(H2,17,19,21)/b6-4-,16-8+. The number of ether oxygens (including phenoxy) is 1. The summed E-state index contributed by atoms with van der Waals surface area (Å²) in [6.07, 6.45) is 5.02. The Labute approximate surface area is 126 Å². The zero-order valence-corrected chi connectivity index (χ0v) is 12.0. The van der Waals surface area contributed by atoms with Crippen LogP contribution in [-0.2, 0) is 11.2 Å². The van der Waals surface area contributed by atoms with E-state index in [1.807, 2.05) is 30.3 Å². The van der Waals surface area contributed by atoms with E-state index < -0.39 is 0 Å². The summed E-state index contributed by atoms with van der Waals surface area (Å²) in [5.41, 5.74) is 3.51. The molecule has 0 unspecified atom stereocenters. The molecule has 0 aliphatic heterocycles. The second-order valence-electron chi connectivity index (χ2n) is 4.37. The average Bonchev–Trinajstić information content (AvgIpc) is 2.92. The van der Waals surface area contributed by atoms with E-state index in [9.17, 15) is 9.59 Å². The summed E-state index contributed by atoms with van der Waals surface area (Å²) in [6.45, 7) is 0. The third-order valence-corrected chi connectivity index (χ3v) is 2.77. The number of hydrazone groups is 1. The molecule has 114 valence electrons. The van der Waals surface area contributed by atoms with Gasteiger partial charge < -0.3 is 9.84 Å². The van der Waals surface area contributed by atoms with Crippen molar-refractivity contribution >= 4 is 18.2 Å². The molecule has 0 atom stereocenters. The highest BCUT2D eigenvalue weighted by Gasteiger charge is 2.03. The van der Waals surface area contributed by atoms with E-state index in [-0.39, 0.29) is 17.9 Å². The number of para-hydroxylation sites is 1. The van der Waals surface area contributed by atoms with Gasteiger partial charge in [0.15, 0.2) is 0 Å². The quantitative estimate of drug-likeness (QED) is 0.549. The summed E-state index contributed by atoms with van der Waals surface area (Å²) < 4.78 is 5.21. The Hall–Kier alpha value is -3.09. The van der Waals surface area contributed by atoms with Crippen LogP contribution < -0.4 is 15.7 Å². The summed E-state index contributed by atoms with van der Waals surface area (Å²) in [6, 6.07) is 8.87. The molecule has 0 fully saturated rings. The number of rotatable bonds is 6. The van der Waals surface area contributed by atoms with Crippen molar-refractivity contribution in [1.82, 2.24) is 15.6 Å². The average molecular weight is 300 g/mol. The maximum atomic E-state index is 11.6. The van der Waals surface area contributed by atoms with Gasteiger partial charge in [-0.05, 0) is 18.2 Å². The number of nitrogens with one attached hydrogen (secondary N) is 3. The van der Waals surface area contributed by atoms with E-state index in [0.717, 1.165) is 11.3 Å². The Balaban J connectivity index is 1.83. The topological polar surface area (TPSA) is 99.3 Å². The van der Waals surface area contributed by atoms with Crippen molar-refractivity contribution in [3.63, 3.8) is 0 Å². The maximum absolute atomic E-state index is 11.6. The molecule has 7 nitrogen and oxygen atoms in total. The molecule has 0 aliphatic carbocycles. The number of hydrogen-bond acceptors (Lipinski definition) is 4. The number of methoxy groups -OCH3 is 1. The number of aromatic nitrogens is 2. The van der Waals surface area contributed by atoms with Crippen LogP contribution in [0, 0.1) is 0 Å². The summed E-state index contributed by atoms with van der Waals surface area (Å²) in [7, 11) is 1.60. The predicted molar refractivity (Wildman–Crippen MR) is 83.8 cm³/mol. The van der Waals surface area contributed by atoms with Crippen LogP contribution in [0.25, 0.3) is 6.08 Å². The molecule has 3 N–H and O–H groups in total. The molecule has 7 heteroatoms. The third-order valence-electron chi connectivity index (χ3n) is 2.77. The first-order chi connectivity index (χ1) is 10.7. The number of amides is 1. The molecule has 2 aromatic rings. The molecule has 0 saturated heterocycles. The van der Waals surface area contributed by atoms with Gasteiger partial charge in [0.1, 0.15) is 5.75 Å². The first-order valence-electron chi connectivity index (χ1n) is 6.57. The number of carbonyl (C=O) groups is 1. The van der Waals surface area contributed by atoms with E-state index in [0.29, 0.717) is 5.69 Å². The Morgan fingerprint density at radius 2 is 2.18 bits per heavy atom. The Morgan fingerprint density at radius 1 is 1.36 bits per heavy atom. The lowest BCUT2D eigenvalue weighted by molar-refractivity contribution is -0.120. The zero-order chi connectivity index (χ0) is 15.8. The summed E-state index contributed by atoms with van der Waals surface area (Å²) >= 11 is 0. The molecule has 1 amide bonds. The Morgan fingerprint density at radius 3 is 2.91 bits per heavy atom. The van der Waals surface area contributed by atoms with E-state index in [1.165, 1.54) is 12.3 Å². The van der Waals surface area contributed by atoms with Crippen LogP contribution in [0.3, 0.4) is 0 Å². The van der Waals surface area contributed by atoms with Gasteiger partial charge >= 0.3 is 0 Å². The first-order valence-corrected chi connectivity index (χ1v) is 6.57. The fourth-order valence-corrected chi connectivity index (χ4v) is 1.78. The van der Waals surface area contributed by atoms with Crippen molar-refractivity contribution in [2.45, 2.75) is 6.42 Å². The van der Waals surface area contributed by atoms with Gasteiger partial charge in [-0.3, -0.25) is 14.7 Å². The smallest absolute Gasteiger partial charge is 0.264 e. The van der Waals surface area contributed by atoms with Crippen LogP contribution in [-0.4, -0.2) is 29.4 Å². The molecule has 1 heterocycles. The normalized spacial score (nSPS) is 11.1. The van der Waals surface area contributed by atoms with Crippen molar-refractivity contribution in [2.75, 3.05) is 7.11 Å². The second-order valence-corrected chi connectivity index (χ2v) is 4.37. The number of aromatic amines is 2. The van der Waals surface area contributed by atoms with E-state index in [4.69, 9.17) is 4.74 Å². The molecule has 0 radical (unpaired) electrons. The fourth-order valence-electron chi connectivity index (χ4n) is 1.78. The van der Waals surface area contributed by atoms with E-state index in [1.54, 1.807) is 13.2 Å². The van der Waals surface area contributed by atoms with Crippen LogP contribution >= 0.6 is 0 Å². The minimum Gasteiger partial charge on any atom is -0.496 e. The van der Waals surface area contributed by atoms with Crippen LogP contribution in [0.5, 0.6) is 5.75 Å². The highest BCUT2D eigenvalue weighted by Crippen LogP contribution is 2.18. The predicted octanol–water partition coefficient (Wildman–Crippen LogP) is 1.07. The number of carbonyl (C=O) groups excluding carboxylic acids is 1. The van der Waals surface area contributed by atoms with Crippen molar-refractivity contribution in [2.24, 2.45) is 5.10 Å². The molecular formula is C15H16N4O3. The van der Waals surface area contributed by atoms with Crippen molar-refractivity contribution in [1.29, 1.82) is 0 Å². The maximum Gasteiger partial charge on any atom is 0.264 e. The highest BCUT2D eigenvalue weighted by molar-refractivity contribution is 5.82. The summed E-state index contributed by atoms with van der Waals surface area (Å²) in [5.74, 6) is 0.435. The first kappa shape index (κ1) is 15.3. The minimum atomic E-state index is -0.322. The van der Waals surface area contributed by atoms with E-state index in [2.05, 4.69) is 20.7 Å². The van der Waals surface area contributed by atoms with Gasteiger partial charge in [0.05, 0.1) is 13.5 Å². The van der Waals surface area contributed by atoms with Gasteiger partial charge in [0, 0.05) is 23.5 Å². The van der Waals surface area contributed by atoms with Crippen LogP contribution in [0.15, 0.2) is 46.3 Å². The fraction of sp³-hybridized carbons (Fsp3) is 0.133. The van der Waals surface area contributed by atoms with Gasteiger partial charge in [-0.25, -0.2) is 5.43 Å². The SMILES string of the molecule is COc1ccccc1/C=C\C=N\NC(=O)Cc1cc(=O)[nH][nH]1. The lowest BCUT2D eigenvalue weighted by Crippen LogP contribution is -2.19. The summed E-state index contributed by atoms with van der Waals surface area (Å²) in [4.78, 5) is 22.4. The molecule has 22 heavy (non-hydrogen) atoms. The number of benzene rings is 1. The Kier molecular flexibility index (Phi) is 5.31. The number of hydrogen-bond donors (Lipinski definition) is 3. The molecule has 0 spiro atoms. The van der Waals surface area contributed by atoms with Crippen LogP contribution in [0.1, 0.15) is 11.3 Å². The third kappa shape index (κ3) is 4.48. The monoisotopic (exact) mass is 300 g/mol. The molecule has 1 aromatic carbocycles. The van der Waals surface area contributed by atoms with Gasteiger partial charge in [0.25, 0.3) is 5.56 Å². The van der Waals surface area contributed by atoms with Crippen molar-refractivity contribution < 1.29 is 9.53 Å². The van der Waals surface area contributed by atoms with Gasteiger partial charge in [-0.1, -0.05) is 18.2 Å². The van der Waals surface area contributed by atoms with Crippen LogP contribution in [0.4, 0.5) is 0 Å². The highest BCUT2D eigenvalue weighted by atomic mass is 16.5. The number of H-pyrrole nitrogens is 2. The molecule has 2 rings (SSSR count). The van der Waals surface area contributed by atoms with Crippen molar-refractivity contribution in [3.8, 4) is 5.75 Å². The Bertz CT molecular complexity index is 743. The molecule has 0 saturated carbocycles. The largest absolute Gasteiger partial charge is 0.496 e.